The van der Waals surface area contributed by atoms with Gasteiger partial charge in [-0.15, -0.1) is 0 Å². The lowest BCUT2D eigenvalue weighted by molar-refractivity contribution is -0.124. The second-order valence-corrected chi connectivity index (χ2v) is 4.43. The van der Waals surface area contributed by atoms with E-state index in [2.05, 4.69) is 16.0 Å². The monoisotopic (exact) mass is 272 g/mol. The Bertz CT molecular complexity index is 318. The summed E-state index contributed by atoms with van der Waals surface area (Å²) in [7, 11) is 0. The van der Waals surface area contributed by atoms with Crippen molar-refractivity contribution in [3.05, 3.63) is 0 Å². The summed E-state index contributed by atoms with van der Waals surface area (Å²) in [6, 6.07) is -0.453. The molecule has 0 aromatic rings. The molecule has 0 aliphatic heterocycles. The van der Waals surface area contributed by atoms with Crippen LogP contribution in [-0.2, 0) is 9.59 Å². The lowest BCUT2D eigenvalue weighted by Crippen LogP contribution is -2.47. The molecule has 110 valence electrons. The van der Waals surface area contributed by atoms with Gasteiger partial charge in [0.25, 0.3) is 0 Å². The van der Waals surface area contributed by atoms with Gasteiger partial charge in [0.15, 0.2) is 0 Å². The lowest BCUT2D eigenvalue weighted by atomic mass is 10.3. The standard InChI is InChI=1S/C12H24N4O3/c1-5-13-12(19)15-11(18)8-16(6-2)7-10(17)14-9(3)4/h9H,5-8H2,1-4H3,(H,14,17)(H2,13,15,18,19). The molecular formula is C12H24N4O3. The van der Waals surface area contributed by atoms with Crippen molar-refractivity contribution in [2.24, 2.45) is 0 Å². The third kappa shape index (κ3) is 9.01. The molecule has 0 bridgehead atoms. The molecule has 0 atom stereocenters. The van der Waals surface area contributed by atoms with Gasteiger partial charge in [-0.1, -0.05) is 6.92 Å². The molecule has 0 rings (SSSR count). The highest BCUT2D eigenvalue weighted by molar-refractivity contribution is 5.95. The number of hydrogen-bond donors (Lipinski definition) is 3. The zero-order valence-corrected chi connectivity index (χ0v) is 12.1. The Kier molecular flexibility index (Phi) is 8.52. The fourth-order valence-electron chi connectivity index (χ4n) is 1.42. The van der Waals surface area contributed by atoms with Crippen LogP contribution >= 0.6 is 0 Å². The van der Waals surface area contributed by atoms with Gasteiger partial charge in [0.05, 0.1) is 13.1 Å². The Labute approximate surface area is 114 Å². The van der Waals surface area contributed by atoms with E-state index in [0.717, 1.165) is 0 Å². The van der Waals surface area contributed by atoms with Crippen molar-refractivity contribution in [3.63, 3.8) is 0 Å². The molecule has 0 aliphatic rings. The first-order valence-electron chi connectivity index (χ1n) is 6.48. The molecule has 0 saturated carbocycles. The van der Waals surface area contributed by atoms with E-state index in [9.17, 15) is 14.4 Å². The van der Waals surface area contributed by atoms with Crippen molar-refractivity contribution in [2.45, 2.75) is 33.7 Å². The van der Waals surface area contributed by atoms with E-state index in [4.69, 9.17) is 0 Å². The first-order valence-corrected chi connectivity index (χ1v) is 6.48. The molecule has 4 amide bonds. The molecule has 0 aliphatic carbocycles. The minimum atomic E-state index is -0.518. The molecule has 0 aromatic heterocycles. The first kappa shape index (κ1) is 17.4. The number of amides is 4. The Morgan fingerprint density at radius 2 is 1.63 bits per heavy atom. The molecule has 0 heterocycles. The minimum Gasteiger partial charge on any atom is -0.353 e. The van der Waals surface area contributed by atoms with E-state index in [-0.39, 0.29) is 25.0 Å². The van der Waals surface area contributed by atoms with E-state index in [1.165, 1.54) is 0 Å². The van der Waals surface area contributed by atoms with Crippen molar-refractivity contribution in [3.8, 4) is 0 Å². The van der Waals surface area contributed by atoms with Crippen LogP contribution in [0.3, 0.4) is 0 Å². The molecule has 7 heteroatoms. The molecule has 0 unspecified atom stereocenters. The average molecular weight is 272 g/mol. The summed E-state index contributed by atoms with van der Waals surface area (Å²) in [5.74, 6) is -0.562. The molecular weight excluding hydrogens is 248 g/mol. The second kappa shape index (κ2) is 9.32. The third-order valence-electron chi connectivity index (χ3n) is 2.22. The number of carbonyl (C=O) groups is 3. The predicted octanol–water partition coefficient (Wildman–Crippen LogP) is -0.321. The van der Waals surface area contributed by atoms with Crippen LogP contribution in [0.5, 0.6) is 0 Å². The first-order chi connectivity index (χ1) is 8.88. The van der Waals surface area contributed by atoms with Crippen LogP contribution in [0.2, 0.25) is 0 Å². The zero-order chi connectivity index (χ0) is 14.8. The van der Waals surface area contributed by atoms with Crippen molar-refractivity contribution in [1.82, 2.24) is 20.9 Å². The number of nitrogens with one attached hydrogen (secondary N) is 3. The van der Waals surface area contributed by atoms with E-state index in [0.29, 0.717) is 13.1 Å². The van der Waals surface area contributed by atoms with Crippen LogP contribution < -0.4 is 16.0 Å². The fraction of sp³-hybridized carbons (Fsp3) is 0.750. The SMILES string of the molecule is CCNC(=O)NC(=O)CN(CC)CC(=O)NC(C)C. The predicted molar refractivity (Wildman–Crippen MR) is 72.6 cm³/mol. The number of likely N-dealkylation sites (N-methyl/N-ethyl adjacent to an activating group) is 1. The summed E-state index contributed by atoms with van der Waals surface area (Å²) in [6.45, 7) is 8.50. The topological polar surface area (TPSA) is 90.5 Å². The Hall–Kier alpha value is -1.63. The molecule has 0 fully saturated rings. The largest absolute Gasteiger partial charge is 0.353 e. The van der Waals surface area contributed by atoms with Crippen LogP contribution in [-0.4, -0.2) is 55.0 Å². The minimum absolute atomic E-state index is 0.0130. The highest BCUT2D eigenvalue weighted by atomic mass is 16.2. The van der Waals surface area contributed by atoms with E-state index >= 15 is 0 Å². The normalized spacial score (nSPS) is 10.4. The number of carbonyl (C=O) groups excluding carboxylic acids is 3. The fourth-order valence-corrected chi connectivity index (χ4v) is 1.42. The van der Waals surface area contributed by atoms with Gasteiger partial charge in [-0.2, -0.15) is 0 Å². The maximum absolute atomic E-state index is 11.6. The highest BCUT2D eigenvalue weighted by Crippen LogP contribution is 1.89. The van der Waals surface area contributed by atoms with Gasteiger partial charge < -0.3 is 10.6 Å². The van der Waals surface area contributed by atoms with Gasteiger partial charge in [0.1, 0.15) is 0 Å². The molecule has 19 heavy (non-hydrogen) atoms. The van der Waals surface area contributed by atoms with Crippen LogP contribution in [0, 0.1) is 0 Å². The lowest BCUT2D eigenvalue weighted by Gasteiger charge is -2.19. The van der Waals surface area contributed by atoms with Gasteiger partial charge in [-0.3, -0.25) is 19.8 Å². The number of hydrogen-bond acceptors (Lipinski definition) is 4. The highest BCUT2D eigenvalue weighted by Gasteiger charge is 2.14. The van der Waals surface area contributed by atoms with Crippen molar-refractivity contribution >= 4 is 17.8 Å². The van der Waals surface area contributed by atoms with Crippen LogP contribution in [0.1, 0.15) is 27.7 Å². The number of urea groups is 1. The summed E-state index contributed by atoms with van der Waals surface area (Å²) in [5.41, 5.74) is 0. The number of imide groups is 1. The van der Waals surface area contributed by atoms with E-state index < -0.39 is 11.9 Å². The van der Waals surface area contributed by atoms with Crippen LogP contribution in [0.4, 0.5) is 4.79 Å². The summed E-state index contributed by atoms with van der Waals surface area (Å²) >= 11 is 0. The van der Waals surface area contributed by atoms with E-state index in [1.54, 1.807) is 11.8 Å². The van der Waals surface area contributed by atoms with Crippen LogP contribution in [0.25, 0.3) is 0 Å². The summed E-state index contributed by atoms with van der Waals surface area (Å²) < 4.78 is 0. The molecule has 7 nitrogen and oxygen atoms in total. The summed E-state index contributed by atoms with van der Waals surface area (Å²) in [4.78, 5) is 35.9. The summed E-state index contributed by atoms with van der Waals surface area (Å²) in [5, 5.41) is 7.41. The number of nitrogens with zero attached hydrogens (tertiary/aromatic N) is 1. The molecule has 0 spiro atoms. The molecule has 3 N–H and O–H groups in total. The van der Waals surface area contributed by atoms with Crippen molar-refractivity contribution in [2.75, 3.05) is 26.2 Å². The quantitative estimate of drug-likeness (QED) is 0.592. The van der Waals surface area contributed by atoms with Gasteiger partial charge in [0.2, 0.25) is 11.8 Å². The van der Waals surface area contributed by atoms with E-state index in [1.807, 2.05) is 20.8 Å². The average Bonchev–Trinajstić information content (AvgIpc) is 2.26. The zero-order valence-electron chi connectivity index (χ0n) is 12.1. The summed E-state index contributed by atoms with van der Waals surface area (Å²) in [6.07, 6.45) is 0. The Morgan fingerprint density at radius 3 is 2.11 bits per heavy atom. The van der Waals surface area contributed by atoms with Gasteiger partial charge in [-0.25, -0.2) is 4.79 Å². The van der Waals surface area contributed by atoms with Gasteiger partial charge >= 0.3 is 6.03 Å². The smallest absolute Gasteiger partial charge is 0.321 e. The maximum atomic E-state index is 11.6. The Balaban J connectivity index is 4.14. The molecule has 0 aromatic carbocycles. The van der Waals surface area contributed by atoms with Gasteiger partial charge in [-0.05, 0) is 27.3 Å². The Morgan fingerprint density at radius 1 is 1.05 bits per heavy atom. The third-order valence-corrected chi connectivity index (χ3v) is 2.22. The molecule has 0 saturated heterocycles. The van der Waals surface area contributed by atoms with Crippen LogP contribution in [0.15, 0.2) is 0 Å². The maximum Gasteiger partial charge on any atom is 0.321 e. The van der Waals surface area contributed by atoms with Crippen molar-refractivity contribution < 1.29 is 14.4 Å². The van der Waals surface area contributed by atoms with Gasteiger partial charge in [0, 0.05) is 12.6 Å². The second-order valence-electron chi connectivity index (χ2n) is 4.43. The molecule has 0 radical (unpaired) electrons. The van der Waals surface area contributed by atoms with Crippen molar-refractivity contribution in [1.29, 1.82) is 0 Å². The number of rotatable bonds is 7.